The smallest absolute Gasteiger partial charge is 0.110 e. The molecular formula is C6H13FN2. The molecule has 1 fully saturated rings. The van der Waals surface area contributed by atoms with Crippen LogP contribution in [0.4, 0.5) is 4.39 Å². The summed E-state index contributed by atoms with van der Waals surface area (Å²) in [6.07, 6.45) is 1.15. The van der Waals surface area contributed by atoms with Crippen molar-refractivity contribution in [3.8, 4) is 0 Å². The van der Waals surface area contributed by atoms with E-state index in [1.54, 1.807) is 11.9 Å². The Labute approximate surface area is 54.8 Å². The molecule has 0 aliphatic carbocycles. The molecule has 0 saturated carbocycles. The minimum absolute atomic E-state index is 0.573. The molecule has 0 radical (unpaired) electrons. The van der Waals surface area contributed by atoms with Gasteiger partial charge in [-0.2, -0.15) is 0 Å². The van der Waals surface area contributed by atoms with Crippen LogP contribution in [0.15, 0.2) is 0 Å². The standard InChI is InChI=1S/C6H13FN2/c1-6(7)2-4-9(8)5-3-6/h2-5,8H2,1H3. The van der Waals surface area contributed by atoms with E-state index in [9.17, 15) is 4.39 Å². The third-order valence-corrected chi connectivity index (χ3v) is 1.84. The first-order valence-electron chi connectivity index (χ1n) is 3.29. The Hall–Kier alpha value is -0.150. The topological polar surface area (TPSA) is 29.3 Å². The number of alkyl halides is 1. The normalized spacial score (nSPS) is 28.3. The lowest BCUT2D eigenvalue weighted by Crippen LogP contribution is -2.43. The molecule has 54 valence electrons. The zero-order valence-electron chi connectivity index (χ0n) is 5.73. The number of hydrogen-bond acceptors (Lipinski definition) is 2. The average Bonchev–Trinajstić information content (AvgIpc) is 1.78. The lowest BCUT2D eigenvalue weighted by atomic mass is 9.97. The van der Waals surface area contributed by atoms with Gasteiger partial charge in [0.25, 0.3) is 0 Å². The molecule has 1 aliphatic heterocycles. The van der Waals surface area contributed by atoms with Crippen LogP contribution in [-0.2, 0) is 0 Å². The molecule has 3 heteroatoms. The number of piperidine rings is 1. The zero-order valence-corrected chi connectivity index (χ0v) is 5.73. The molecule has 0 spiro atoms. The first-order chi connectivity index (χ1) is 4.10. The van der Waals surface area contributed by atoms with E-state index in [4.69, 9.17) is 5.84 Å². The Kier molecular flexibility index (Phi) is 1.73. The average molecular weight is 132 g/mol. The van der Waals surface area contributed by atoms with Crippen LogP contribution >= 0.6 is 0 Å². The second-order valence-electron chi connectivity index (χ2n) is 2.95. The van der Waals surface area contributed by atoms with E-state index >= 15 is 0 Å². The first kappa shape index (κ1) is 6.96. The van der Waals surface area contributed by atoms with Crippen molar-refractivity contribution in [2.45, 2.75) is 25.4 Å². The van der Waals surface area contributed by atoms with Crippen molar-refractivity contribution < 1.29 is 4.39 Å². The van der Waals surface area contributed by atoms with Crippen LogP contribution in [0.3, 0.4) is 0 Å². The van der Waals surface area contributed by atoms with Crippen LogP contribution in [0.1, 0.15) is 19.8 Å². The summed E-state index contributed by atoms with van der Waals surface area (Å²) in [5.41, 5.74) is -0.962. The van der Waals surface area contributed by atoms with Gasteiger partial charge in [-0.1, -0.05) is 0 Å². The van der Waals surface area contributed by atoms with E-state index in [0.29, 0.717) is 25.9 Å². The van der Waals surface area contributed by atoms with Crippen molar-refractivity contribution in [2.24, 2.45) is 5.84 Å². The molecule has 0 unspecified atom stereocenters. The number of halogens is 1. The lowest BCUT2D eigenvalue weighted by Gasteiger charge is -2.30. The maximum Gasteiger partial charge on any atom is 0.110 e. The van der Waals surface area contributed by atoms with Crippen LogP contribution in [0.2, 0.25) is 0 Å². The van der Waals surface area contributed by atoms with Gasteiger partial charge >= 0.3 is 0 Å². The van der Waals surface area contributed by atoms with Crippen LogP contribution in [0.5, 0.6) is 0 Å². The molecular weight excluding hydrogens is 119 g/mol. The van der Waals surface area contributed by atoms with Gasteiger partial charge in [0.1, 0.15) is 5.67 Å². The molecule has 0 aromatic carbocycles. The zero-order chi connectivity index (χ0) is 6.91. The molecule has 0 aromatic heterocycles. The summed E-state index contributed by atoms with van der Waals surface area (Å²) < 4.78 is 13.0. The maximum atomic E-state index is 13.0. The number of nitrogens with two attached hydrogens (primary N) is 1. The highest BCUT2D eigenvalue weighted by atomic mass is 19.1. The van der Waals surface area contributed by atoms with Gasteiger partial charge < -0.3 is 0 Å². The lowest BCUT2D eigenvalue weighted by molar-refractivity contribution is 0.0743. The Balaban J connectivity index is 2.35. The van der Waals surface area contributed by atoms with Gasteiger partial charge in [0.05, 0.1) is 0 Å². The molecule has 1 aliphatic rings. The summed E-state index contributed by atoms with van der Waals surface area (Å²) in [6.45, 7) is 3.01. The van der Waals surface area contributed by atoms with Crippen LogP contribution in [-0.4, -0.2) is 23.8 Å². The first-order valence-corrected chi connectivity index (χ1v) is 3.29. The van der Waals surface area contributed by atoms with Crippen LogP contribution in [0.25, 0.3) is 0 Å². The van der Waals surface area contributed by atoms with E-state index in [1.165, 1.54) is 0 Å². The fraction of sp³-hybridized carbons (Fsp3) is 1.00. The number of hydrogen-bond donors (Lipinski definition) is 1. The molecule has 1 heterocycles. The predicted molar refractivity (Wildman–Crippen MR) is 34.5 cm³/mol. The third-order valence-electron chi connectivity index (χ3n) is 1.84. The van der Waals surface area contributed by atoms with E-state index < -0.39 is 5.67 Å². The number of hydrazine groups is 1. The van der Waals surface area contributed by atoms with E-state index in [0.717, 1.165) is 0 Å². The second-order valence-corrected chi connectivity index (χ2v) is 2.95. The highest BCUT2D eigenvalue weighted by Crippen LogP contribution is 2.23. The van der Waals surface area contributed by atoms with E-state index in [-0.39, 0.29) is 0 Å². The van der Waals surface area contributed by atoms with Gasteiger partial charge in [-0.25, -0.2) is 9.40 Å². The largest absolute Gasteiger partial charge is 0.269 e. The fourth-order valence-corrected chi connectivity index (χ4v) is 0.990. The van der Waals surface area contributed by atoms with Crippen LogP contribution in [0, 0.1) is 0 Å². The summed E-state index contributed by atoms with van der Waals surface area (Å²) in [7, 11) is 0. The molecule has 0 atom stereocenters. The molecule has 1 saturated heterocycles. The van der Waals surface area contributed by atoms with Crippen LogP contribution < -0.4 is 5.84 Å². The number of rotatable bonds is 0. The van der Waals surface area contributed by atoms with Gasteiger partial charge in [-0.3, -0.25) is 5.84 Å². The minimum Gasteiger partial charge on any atom is -0.269 e. The highest BCUT2D eigenvalue weighted by molar-refractivity contribution is 4.79. The summed E-state index contributed by atoms with van der Waals surface area (Å²) >= 11 is 0. The predicted octanol–water partition coefficient (Wildman–Crippen LogP) is 0.684. The summed E-state index contributed by atoms with van der Waals surface area (Å²) in [6, 6.07) is 0. The van der Waals surface area contributed by atoms with E-state index in [2.05, 4.69) is 0 Å². The Bertz CT molecular complexity index is 93.2. The van der Waals surface area contributed by atoms with Crippen molar-refractivity contribution in [3.05, 3.63) is 0 Å². The van der Waals surface area contributed by atoms with Gasteiger partial charge in [-0.15, -0.1) is 0 Å². The quantitative estimate of drug-likeness (QED) is 0.491. The molecule has 1 rings (SSSR count). The summed E-state index contributed by atoms with van der Waals surface area (Å²) in [4.78, 5) is 0. The fourth-order valence-electron chi connectivity index (χ4n) is 0.990. The van der Waals surface area contributed by atoms with Gasteiger partial charge in [0.2, 0.25) is 0 Å². The SMILES string of the molecule is CC1(F)CCN(N)CC1. The van der Waals surface area contributed by atoms with E-state index in [1.807, 2.05) is 0 Å². The number of nitrogens with zero attached hydrogens (tertiary/aromatic N) is 1. The van der Waals surface area contributed by atoms with Crippen molar-refractivity contribution in [1.82, 2.24) is 5.01 Å². The van der Waals surface area contributed by atoms with Gasteiger partial charge in [0, 0.05) is 13.1 Å². The molecule has 2 nitrogen and oxygen atoms in total. The summed E-state index contributed by atoms with van der Waals surface area (Å²) in [5, 5.41) is 1.67. The summed E-state index contributed by atoms with van der Waals surface area (Å²) in [5.74, 6) is 5.42. The Morgan fingerprint density at radius 1 is 1.44 bits per heavy atom. The van der Waals surface area contributed by atoms with Crippen molar-refractivity contribution >= 4 is 0 Å². The molecule has 2 N–H and O–H groups in total. The minimum atomic E-state index is -0.962. The third kappa shape index (κ3) is 1.91. The second kappa shape index (κ2) is 2.23. The molecule has 9 heavy (non-hydrogen) atoms. The van der Waals surface area contributed by atoms with Gasteiger partial charge in [0.15, 0.2) is 0 Å². The monoisotopic (exact) mass is 132 g/mol. The molecule has 0 amide bonds. The van der Waals surface area contributed by atoms with Crippen molar-refractivity contribution in [2.75, 3.05) is 13.1 Å². The molecule has 0 bridgehead atoms. The molecule has 0 aromatic rings. The Morgan fingerprint density at radius 2 is 1.89 bits per heavy atom. The van der Waals surface area contributed by atoms with Gasteiger partial charge in [-0.05, 0) is 19.8 Å². The van der Waals surface area contributed by atoms with Crippen molar-refractivity contribution in [1.29, 1.82) is 0 Å². The maximum absolute atomic E-state index is 13.0. The highest BCUT2D eigenvalue weighted by Gasteiger charge is 2.27. The Morgan fingerprint density at radius 3 is 2.22 bits per heavy atom. The van der Waals surface area contributed by atoms with Crippen molar-refractivity contribution in [3.63, 3.8) is 0 Å².